The molecule has 0 aromatic heterocycles. The van der Waals surface area contributed by atoms with Crippen LogP contribution >= 0.6 is 0 Å². The molecule has 5 nitrogen and oxygen atoms in total. The molecule has 0 aromatic rings. The van der Waals surface area contributed by atoms with E-state index in [1.807, 2.05) is 26.8 Å². The standard InChI is InChI=1S/C20H33N3O2/c1-7-14(2)15(3)21-16(4)23-10-8-18(20(5,6)13-23)19(24)22-17-9-11-25-12-17/h7,17-18H,3,8-13H2,1-2,4-6H3,(H,22,24)/b14-7-,21-16?/t17-,18-/m1/s1. The third-order valence-electron chi connectivity index (χ3n) is 5.46. The maximum atomic E-state index is 12.7. The van der Waals surface area contributed by atoms with Crippen LogP contribution in [0.3, 0.4) is 0 Å². The second-order valence-electron chi connectivity index (χ2n) is 7.90. The van der Waals surface area contributed by atoms with Gasteiger partial charge in [0.25, 0.3) is 0 Å². The molecule has 0 aromatic carbocycles. The quantitative estimate of drug-likeness (QED) is 0.483. The second-order valence-corrected chi connectivity index (χ2v) is 7.90. The highest BCUT2D eigenvalue weighted by atomic mass is 16.5. The third-order valence-corrected chi connectivity index (χ3v) is 5.46. The molecule has 2 heterocycles. The molecule has 0 saturated carbocycles. The Morgan fingerprint density at radius 3 is 2.64 bits per heavy atom. The highest BCUT2D eigenvalue weighted by Crippen LogP contribution is 2.35. The molecular formula is C20H33N3O2. The molecule has 5 heteroatoms. The number of hydrogen-bond donors (Lipinski definition) is 1. The van der Waals surface area contributed by atoms with Crippen LogP contribution in [0, 0.1) is 11.3 Å². The van der Waals surface area contributed by atoms with E-state index in [0.29, 0.717) is 6.61 Å². The molecule has 1 N–H and O–H groups in total. The summed E-state index contributed by atoms with van der Waals surface area (Å²) in [5.41, 5.74) is 1.79. The number of carbonyl (C=O) groups is 1. The van der Waals surface area contributed by atoms with E-state index >= 15 is 0 Å². The van der Waals surface area contributed by atoms with Gasteiger partial charge in [-0.25, -0.2) is 4.99 Å². The Kier molecular flexibility index (Phi) is 6.44. The van der Waals surface area contributed by atoms with E-state index in [4.69, 9.17) is 4.74 Å². The van der Waals surface area contributed by atoms with Crippen molar-refractivity contribution in [1.29, 1.82) is 0 Å². The first-order valence-electron chi connectivity index (χ1n) is 9.25. The van der Waals surface area contributed by atoms with Crippen LogP contribution in [0.4, 0.5) is 0 Å². The van der Waals surface area contributed by atoms with Crippen molar-refractivity contribution < 1.29 is 9.53 Å². The number of allylic oxidation sites excluding steroid dienone is 2. The number of aliphatic imine (C=N–C) groups is 1. The lowest BCUT2D eigenvalue weighted by atomic mass is 9.73. The van der Waals surface area contributed by atoms with Gasteiger partial charge in [-0.3, -0.25) is 4.79 Å². The van der Waals surface area contributed by atoms with Crippen molar-refractivity contribution in [3.05, 3.63) is 23.9 Å². The van der Waals surface area contributed by atoms with Crippen molar-refractivity contribution in [1.82, 2.24) is 10.2 Å². The molecular weight excluding hydrogens is 314 g/mol. The zero-order valence-electron chi connectivity index (χ0n) is 16.4. The average Bonchev–Trinajstić information content (AvgIpc) is 3.05. The molecule has 0 spiro atoms. The SMILES string of the molecule is C=C(N=C(C)N1CC[C@H](C(=O)N[C@@H]2CCOC2)C(C)(C)C1)/C(C)=C\C. The fourth-order valence-corrected chi connectivity index (χ4v) is 3.59. The molecule has 140 valence electrons. The van der Waals surface area contributed by atoms with Crippen molar-refractivity contribution in [2.45, 2.75) is 53.5 Å². The van der Waals surface area contributed by atoms with Crippen molar-refractivity contribution in [3.8, 4) is 0 Å². The first kappa shape index (κ1) is 19.7. The van der Waals surface area contributed by atoms with Crippen LogP contribution in [0.1, 0.15) is 47.5 Å². The number of nitrogens with zero attached hydrogens (tertiary/aromatic N) is 2. The number of piperidine rings is 1. The Hall–Kier alpha value is -1.62. The number of amides is 1. The summed E-state index contributed by atoms with van der Waals surface area (Å²) in [6.07, 6.45) is 3.78. The van der Waals surface area contributed by atoms with Gasteiger partial charge in [0.2, 0.25) is 5.91 Å². The lowest BCUT2D eigenvalue weighted by Gasteiger charge is -2.44. The number of likely N-dealkylation sites (tertiary alicyclic amines) is 1. The summed E-state index contributed by atoms with van der Waals surface area (Å²) in [5.74, 6) is 1.17. The first-order valence-corrected chi connectivity index (χ1v) is 9.25. The Morgan fingerprint density at radius 2 is 2.08 bits per heavy atom. The Labute approximate surface area is 152 Å². The number of hydrogen-bond acceptors (Lipinski definition) is 3. The molecule has 0 unspecified atom stereocenters. The lowest BCUT2D eigenvalue weighted by Crippen LogP contribution is -2.53. The molecule has 2 saturated heterocycles. The average molecular weight is 348 g/mol. The van der Waals surface area contributed by atoms with Crippen LogP contribution in [0.5, 0.6) is 0 Å². The van der Waals surface area contributed by atoms with Gasteiger partial charge in [-0.05, 0) is 44.6 Å². The summed E-state index contributed by atoms with van der Waals surface area (Å²) in [6, 6.07) is 0.178. The first-order chi connectivity index (χ1) is 11.7. The van der Waals surface area contributed by atoms with Crippen LogP contribution in [0.2, 0.25) is 0 Å². The highest BCUT2D eigenvalue weighted by Gasteiger charge is 2.41. The molecule has 0 bridgehead atoms. The number of ether oxygens (including phenoxy) is 1. The normalized spacial score (nSPS) is 27.3. The Balaban J connectivity index is 2.00. The molecule has 2 aliphatic heterocycles. The van der Waals surface area contributed by atoms with Gasteiger partial charge in [0.1, 0.15) is 5.84 Å². The van der Waals surface area contributed by atoms with Gasteiger partial charge >= 0.3 is 0 Å². The number of nitrogens with one attached hydrogen (secondary N) is 1. The predicted molar refractivity (Wildman–Crippen MR) is 103 cm³/mol. The topological polar surface area (TPSA) is 53.9 Å². The smallest absolute Gasteiger partial charge is 0.224 e. The Bertz CT molecular complexity index is 571. The molecule has 25 heavy (non-hydrogen) atoms. The summed E-state index contributed by atoms with van der Waals surface area (Å²) in [6.45, 7) is 17.5. The van der Waals surface area contributed by atoms with Crippen molar-refractivity contribution >= 4 is 11.7 Å². The van der Waals surface area contributed by atoms with Crippen molar-refractivity contribution in [2.24, 2.45) is 16.3 Å². The van der Waals surface area contributed by atoms with E-state index in [1.165, 1.54) is 0 Å². The van der Waals surface area contributed by atoms with E-state index in [0.717, 1.165) is 49.6 Å². The summed E-state index contributed by atoms with van der Waals surface area (Å²) in [4.78, 5) is 19.6. The van der Waals surface area contributed by atoms with Gasteiger partial charge in [0.15, 0.2) is 0 Å². The Morgan fingerprint density at radius 1 is 1.36 bits per heavy atom. The van der Waals surface area contributed by atoms with Gasteiger partial charge in [-0.1, -0.05) is 26.5 Å². The predicted octanol–water partition coefficient (Wildman–Crippen LogP) is 3.14. The molecule has 2 aliphatic rings. The van der Waals surface area contributed by atoms with E-state index in [9.17, 15) is 4.79 Å². The van der Waals surface area contributed by atoms with Gasteiger partial charge in [-0.2, -0.15) is 0 Å². The molecule has 2 rings (SSSR count). The third kappa shape index (κ3) is 4.94. The number of carbonyl (C=O) groups excluding carboxylic acids is 1. The highest BCUT2D eigenvalue weighted by molar-refractivity contribution is 5.83. The largest absolute Gasteiger partial charge is 0.379 e. The summed E-state index contributed by atoms with van der Waals surface area (Å²) < 4.78 is 5.36. The van der Waals surface area contributed by atoms with E-state index in [2.05, 4.69) is 35.6 Å². The number of rotatable bonds is 4. The summed E-state index contributed by atoms with van der Waals surface area (Å²) in [5, 5.41) is 3.17. The molecule has 0 aliphatic carbocycles. The van der Waals surface area contributed by atoms with Gasteiger partial charge in [0, 0.05) is 25.6 Å². The molecule has 2 atom stereocenters. The number of amidine groups is 1. The van der Waals surface area contributed by atoms with Gasteiger partial charge < -0.3 is 15.0 Å². The minimum Gasteiger partial charge on any atom is -0.379 e. The van der Waals surface area contributed by atoms with Gasteiger partial charge in [0.05, 0.1) is 18.3 Å². The van der Waals surface area contributed by atoms with Crippen LogP contribution < -0.4 is 5.32 Å². The minimum absolute atomic E-state index is 0.0256. The van der Waals surface area contributed by atoms with Crippen LogP contribution in [-0.4, -0.2) is 49.0 Å². The lowest BCUT2D eigenvalue weighted by molar-refractivity contribution is -0.131. The van der Waals surface area contributed by atoms with E-state index < -0.39 is 0 Å². The van der Waals surface area contributed by atoms with Crippen LogP contribution in [0.25, 0.3) is 0 Å². The zero-order valence-corrected chi connectivity index (χ0v) is 16.4. The van der Waals surface area contributed by atoms with Gasteiger partial charge in [-0.15, -0.1) is 0 Å². The zero-order chi connectivity index (χ0) is 18.6. The molecule has 1 amide bonds. The fourth-order valence-electron chi connectivity index (χ4n) is 3.59. The monoisotopic (exact) mass is 347 g/mol. The van der Waals surface area contributed by atoms with E-state index in [1.54, 1.807) is 0 Å². The van der Waals surface area contributed by atoms with Crippen molar-refractivity contribution in [2.75, 3.05) is 26.3 Å². The van der Waals surface area contributed by atoms with E-state index in [-0.39, 0.29) is 23.3 Å². The molecule has 0 radical (unpaired) electrons. The molecule has 2 fully saturated rings. The van der Waals surface area contributed by atoms with Crippen molar-refractivity contribution in [3.63, 3.8) is 0 Å². The van der Waals surface area contributed by atoms with Crippen LogP contribution in [-0.2, 0) is 9.53 Å². The van der Waals surface area contributed by atoms with Crippen LogP contribution in [0.15, 0.2) is 28.9 Å². The second kappa shape index (κ2) is 8.17. The summed E-state index contributed by atoms with van der Waals surface area (Å²) >= 11 is 0. The summed E-state index contributed by atoms with van der Waals surface area (Å²) in [7, 11) is 0. The maximum absolute atomic E-state index is 12.7. The minimum atomic E-state index is -0.102. The fraction of sp³-hybridized carbons (Fsp3) is 0.700. The maximum Gasteiger partial charge on any atom is 0.224 e.